The molecule has 0 fully saturated rings. The summed E-state index contributed by atoms with van der Waals surface area (Å²) in [6, 6.07) is 1.39. The SMILES string of the molecule is O=C(NC(=O)c1c(F)cccc1F)Nc1cc(Cl)c(OC(F)(F)C(F)F)c(Cl)c1F. The number of ether oxygens (including phenoxy) is 1. The molecule has 0 spiro atoms. The predicted octanol–water partition coefficient (Wildman–Crippen LogP) is 5.61. The van der Waals surface area contributed by atoms with Crippen molar-refractivity contribution in [2.45, 2.75) is 12.5 Å². The predicted molar refractivity (Wildman–Crippen MR) is 90.8 cm³/mol. The molecule has 0 aromatic heterocycles. The van der Waals surface area contributed by atoms with E-state index in [1.165, 1.54) is 5.32 Å². The Labute approximate surface area is 172 Å². The molecule has 0 aliphatic heterocycles. The number of rotatable bonds is 5. The number of amides is 3. The standard InChI is InChI=1S/C16H7Cl2F7N2O3/c17-5-4-8(11(21)10(18)12(5)30-16(24,25)14(22)23)26-15(29)27-13(28)9-6(19)2-1-3-7(9)20/h1-4,14H,(H2,26,27,28,29). The number of anilines is 1. The Bertz CT molecular complexity index is 985. The Morgan fingerprint density at radius 2 is 1.63 bits per heavy atom. The Hall–Kier alpha value is -2.73. The van der Waals surface area contributed by atoms with Gasteiger partial charge in [-0.3, -0.25) is 10.1 Å². The molecule has 0 aliphatic carbocycles. The summed E-state index contributed by atoms with van der Waals surface area (Å²) in [6.07, 6.45) is -9.34. The van der Waals surface area contributed by atoms with Gasteiger partial charge in [0.15, 0.2) is 11.6 Å². The summed E-state index contributed by atoms with van der Waals surface area (Å²) in [5.74, 6) is -7.09. The maximum Gasteiger partial charge on any atom is 0.461 e. The van der Waals surface area contributed by atoms with Gasteiger partial charge < -0.3 is 10.1 Å². The lowest BCUT2D eigenvalue weighted by atomic mass is 10.2. The first kappa shape index (κ1) is 23.5. The number of imide groups is 1. The van der Waals surface area contributed by atoms with Gasteiger partial charge in [0.05, 0.1) is 10.7 Å². The number of hydrogen-bond donors (Lipinski definition) is 2. The van der Waals surface area contributed by atoms with Crippen molar-refractivity contribution in [2.24, 2.45) is 0 Å². The molecule has 2 rings (SSSR count). The fourth-order valence-corrected chi connectivity index (χ4v) is 2.51. The van der Waals surface area contributed by atoms with Gasteiger partial charge in [0.1, 0.15) is 22.2 Å². The zero-order valence-electron chi connectivity index (χ0n) is 14.0. The molecule has 0 saturated carbocycles. The molecule has 14 heteroatoms. The zero-order chi connectivity index (χ0) is 22.8. The highest BCUT2D eigenvalue weighted by molar-refractivity contribution is 6.37. The van der Waals surface area contributed by atoms with Crippen molar-refractivity contribution in [1.29, 1.82) is 0 Å². The van der Waals surface area contributed by atoms with Crippen LogP contribution in [0.5, 0.6) is 5.75 Å². The van der Waals surface area contributed by atoms with Crippen molar-refractivity contribution >= 4 is 40.8 Å². The van der Waals surface area contributed by atoms with E-state index >= 15 is 0 Å². The molecule has 0 unspecified atom stereocenters. The van der Waals surface area contributed by atoms with Crippen molar-refractivity contribution in [3.8, 4) is 5.75 Å². The quantitative estimate of drug-likeness (QED) is 0.433. The maximum absolute atomic E-state index is 14.2. The van der Waals surface area contributed by atoms with Gasteiger partial charge in [-0.15, -0.1) is 0 Å². The summed E-state index contributed by atoms with van der Waals surface area (Å²) in [7, 11) is 0. The van der Waals surface area contributed by atoms with Crippen LogP contribution in [0.3, 0.4) is 0 Å². The molecule has 2 aromatic rings. The molecule has 30 heavy (non-hydrogen) atoms. The van der Waals surface area contributed by atoms with E-state index in [2.05, 4.69) is 4.74 Å². The fraction of sp³-hybridized carbons (Fsp3) is 0.125. The average Bonchev–Trinajstić information content (AvgIpc) is 2.62. The molecule has 0 bridgehead atoms. The molecule has 2 N–H and O–H groups in total. The van der Waals surface area contributed by atoms with Crippen LogP contribution in [0, 0.1) is 17.5 Å². The minimum atomic E-state index is -5.05. The van der Waals surface area contributed by atoms with Gasteiger partial charge in [-0.25, -0.2) is 18.0 Å². The minimum absolute atomic E-state index is 0.466. The van der Waals surface area contributed by atoms with Gasteiger partial charge in [-0.2, -0.15) is 17.6 Å². The summed E-state index contributed by atoms with van der Waals surface area (Å²) in [5.41, 5.74) is -2.00. The molecule has 0 radical (unpaired) electrons. The molecular weight excluding hydrogens is 472 g/mol. The second-order valence-electron chi connectivity index (χ2n) is 5.33. The third kappa shape index (κ3) is 5.05. The Kier molecular flexibility index (Phi) is 7.03. The number of hydrogen-bond acceptors (Lipinski definition) is 3. The first-order valence-corrected chi connectivity index (χ1v) is 8.19. The average molecular weight is 479 g/mol. The molecule has 0 heterocycles. The lowest BCUT2D eigenvalue weighted by Gasteiger charge is -2.19. The summed E-state index contributed by atoms with van der Waals surface area (Å²) >= 11 is 11.0. The van der Waals surface area contributed by atoms with Crippen molar-refractivity contribution in [3.63, 3.8) is 0 Å². The number of urea groups is 1. The van der Waals surface area contributed by atoms with Gasteiger partial charge in [-0.05, 0) is 18.2 Å². The second kappa shape index (κ2) is 8.96. The van der Waals surface area contributed by atoms with E-state index in [-0.39, 0.29) is 0 Å². The Morgan fingerprint density at radius 3 is 2.17 bits per heavy atom. The van der Waals surface area contributed by atoms with Crippen LogP contribution in [0.4, 0.5) is 41.2 Å². The van der Waals surface area contributed by atoms with E-state index in [0.717, 1.165) is 18.2 Å². The van der Waals surface area contributed by atoms with Gasteiger partial charge in [0.2, 0.25) is 0 Å². The fourth-order valence-electron chi connectivity index (χ4n) is 1.98. The highest BCUT2D eigenvalue weighted by Gasteiger charge is 2.45. The molecule has 2 aromatic carbocycles. The van der Waals surface area contributed by atoms with Crippen LogP contribution in [0.15, 0.2) is 24.3 Å². The lowest BCUT2D eigenvalue weighted by molar-refractivity contribution is -0.253. The van der Waals surface area contributed by atoms with E-state index in [9.17, 15) is 40.3 Å². The van der Waals surface area contributed by atoms with E-state index in [1.54, 1.807) is 5.32 Å². The molecule has 5 nitrogen and oxygen atoms in total. The number of carbonyl (C=O) groups is 2. The van der Waals surface area contributed by atoms with Crippen molar-refractivity contribution in [3.05, 3.63) is 57.3 Å². The molecule has 0 aliphatic rings. The van der Waals surface area contributed by atoms with Crippen LogP contribution in [-0.2, 0) is 0 Å². The number of nitrogens with one attached hydrogen (secondary N) is 2. The van der Waals surface area contributed by atoms with Crippen LogP contribution < -0.4 is 15.4 Å². The third-order valence-corrected chi connectivity index (χ3v) is 3.89. The van der Waals surface area contributed by atoms with Gasteiger partial charge in [0.25, 0.3) is 5.91 Å². The van der Waals surface area contributed by atoms with Crippen LogP contribution in [-0.4, -0.2) is 24.5 Å². The number of benzene rings is 2. The van der Waals surface area contributed by atoms with E-state index in [0.29, 0.717) is 6.07 Å². The normalized spacial score (nSPS) is 11.4. The van der Waals surface area contributed by atoms with Crippen molar-refractivity contribution in [2.75, 3.05) is 5.32 Å². The van der Waals surface area contributed by atoms with E-state index in [4.69, 9.17) is 23.2 Å². The lowest BCUT2D eigenvalue weighted by Crippen LogP contribution is -2.35. The maximum atomic E-state index is 14.2. The molecular formula is C16H7Cl2F7N2O3. The first-order chi connectivity index (χ1) is 13.8. The van der Waals surface area contributed by atoms with Crippen molar-refractivity contribution < 1.29 is 45.1 Å². The number of halogens is 9. The second-order valence-corrected chi connectivity index (χ2v) is 6.12. The summed E-state index contributed by atoms with van der Waals surface area (Å²) < 4.78 is 95.4. The minimum Gasteiger partial charge on any atom is -0.425 e. The van der Waals surface area contributed by atoms with Crippen LogP contribution in [0.1, 0.15) is 10.4 Å². The number of alkyl halides is 4. The van der Waals surface area contributed by atoms with Crippen LogP contribution >= 0.6 is 23.2 Å². The van der Waals surface area contributed by atoms with Crippen LogP contribution in [0.2, 0.25) is 10.0 Å². The summed E-state index contributed by atoms with van der Waals surface area (Å²) in [4.78, 5) is 23.6. The number of carbonyl (C=O) groups excluding carboxylic acids is 2. The monoisotopic (exact) mass is 478 g/mol. The smallest absolute Gasteiger partial charge is 0.425 e. The topological polar surface area (TPSA) is 67.4 Å². The van der Waals surface area contributed by atoms with Crippen LogP contribution in [0.25, 0.3) is 0 Å². The van der Waals surface area contributed by atoms with Gasteiger partial charge >= 0.3 is 18.6 Å². The van der Waals surface area contributed by atoms with Gasteiger partial charge in [-0.1, -0.05) is 29.3 Å². The van der Waals surface area contributed by atoms with Gasteiger partial charge in [0, 0.05) is 0 Å². The van der Waals surface area contributed by atoms with E-state index < -0.39 is 69.0 Å². The largest absolute Gasteiger partial charge is 0.461 e. The third-order valence-electron chi connectivity index (χ3n) is 3.27. The first-order valence-electron chi connectivity index (χ1n) is 7.44. The molecule has 0 saturated heterocycles. The molecule has 0 atom stereocenters. The van der Waals surface area contributed by atoms with Crippen molar-refractivity contribution in [1.82, 2.24) is 5.32 Å². The zero-order valence-corrected chi connectivity index (χ0v) is 15.5. The molecule has 3 amide bonds. The Morgan fingerprint density at radius 1 is 1.07 bits per heavy atom. The summed E-state index contributed by atoms with van der Waals surface area (Å²) in [5, 5.41) is 0.995. The van der Waals surface area contributed by atoms with E-state index in [1.807, 2.05) is 0 Å². The Balaban J connectivity index is 2.23. The summed E-state index contributed by atoms with van der Waals surface area (Å²) in [6.45, 7) is 0. The highest BCUT2D eigenvalue weighted by Crippen LogP contribution is 2.42. The highest BCUT2D eigenvalue weighted by atomic mass is 35.5. The molecule has 162 valence electrons.